The molecule has 1 unspecified atom stereocenters. The van der Waals surface area contributed by atoms with Crippen LogP contribution in [-0.4, -0.2) is 13.7 Å². The van der Waals surface area contributed by atoms with E-state index in [2.05, 4.69) is 32.9 Å². The molecule has 0 aromatic heterocycles. The van der Waals surface area contributed by atoms with E-state index in [-0.39, 0.29) is 6.04 Å². The summed E-state index contributed by atoms with van der Waals surface area (Å²) in [4.78, 5) is 0. The van der Waals surface area contributed by atoms with Crippen LogP contribution in [0.4, 0.5) is 0 Å². The van der Waals surface area contributed by atoms with Gasteiger partial charge in [0.2, 0.25) is 0 Å². The molecule has 1 aromatic carbocycles. The van der Waals surface area contributed by atoms with Crippen LogP contribution in [0.15, 0.2) is 12.1 Å². The molecule has 0 bridgehead atoms. The van der Waals surface area contributed by atoms with Crippen LogP contribution in [0.5, 0.6) is 0 Å². The molecular weight excluding hydrogens is 198 g/mol. The first-order chi connectivity index (χ1) is 7.56. The molecule has 0 aliphatic carbocycles. The summed E-state index contributed by atoms with van der Waals surface area (Å²) in [7, 11) is 1.73. The van der Waals surface area contributed by atoms with Gasteiger partial charge in [-0.2, -0.15) is 0 Å². The van der Waals surface area contributed by atoms with E-state index in [0.717, 1.165) is 19.4 Å². The van der Waals surface area contributed by atoms with Gasteiger partial charge < -0.3 is 10.5 Å². The summed E-state index contributed by atoms with van der Waals surface area (Å²) in [5, 5.41) is 0. The average Bonchev–Trinajstić information content (AvgIpc) is 2.23. The van der Waals surface area contributed by atoms with Gasteiger partial charge in [-0.3, -0.25) is 0 Å². The van der Waals surface area contributed by atoms with Gasteiger partial charge in [0.05, 0.1) is 0 Å². The van der Waals surface area contributed by atoms with Crippen molar-refractivity contribution in [2.45, 2.75) is 39.7 Å². The summed E-state index contributed by atoms with van der Waals surface area (Å²) in [5.74, 6) is 0. The fourth-order valence-electron chi connectivity index (χ4n) is 1.99. The van der Waals surface area contributed by atoms with Crippen molar-refractivity contribution in [2.24, 2.45) is 5.73 Å². The number of nitrogens with two attached hydrogens (primary N) is 1. The molecule has 16 heavy (non-hydrogen) atoms. The van der Waals surface area contributed by atoms with Gasteiger partial charge in [-0.15, -0.1) is 0 Å². The Kier molecular flexibility index (Phi) is 4.97. The fourth-order valence-corrected chi connectivity index (χ4v) is 1.99. The van der Waals surface area contributed by atoms with Gasteiger partial charge in [-0.25, -0.2) is 0 Å². The van der Waals surface area contributed by atoms with E-state index < -0.39 is 0 Å². The zero-order chi connectivity index (χ0) is 12.1. The molecule has 1 atom stereocenters. The minimum absolute atomic E-state index is 0.134. The zero-order valence-electron chi connectivity index (χ0n) is 10.8. The van der Waals surface area contributed by atoms with Crippen molar-refractivity contribution >= 4 is 0 Å². The van der Waals surface area contributed by atoms with Gasteiger partial charge in [-0.05, 0) is 55.9 Å². The lowest BCUT2D eigenvalue weighted by molar-refractivity contribution is 0.190. The van der Waals surface area contributed by atoms with E-state index in [1.165, 1.54) is 22.3 Å². The Morgan fingerprint density at radius 1 is 1.12 bits per heavy atom. The van der Waals surface area contributed by atoms with Crippen LogP contribution in [0.3, 0.4) is 0 Å². The smallest absolute Gasteiger partial charge is 0.0462 e. The molecule has 2 heteroatoms. The van der Waals surface area contributed by atoms with Crippen LogP contribution in [0.2, 0.25) is 0 Å². The Morgan fingerprint density at radius 3 is 2.38 bits per heavy atom. The number of aryl methyl sites for hydroxylation is 3. The summed E-state index contributed by atoms with van der Waals surface area (Å²) in [6.07, 6.45) is 2.00. The van der Waals surface area contributed by atoms with E-state index in [1.807, 2.05) is 0 Å². The average molecular weight is 221 g/mol. The van der Waals surface area contributed by atoms with Crippen molar-refractivity contribution in [3.05, 3.63) is 34.4 Å². The van der Waals surface area contributed by atoms with E-state index >= 15 is 0 Å². The minimum atomic E-state index is 0.134. The second kappa shape index (κ2) is 6.02. The molecule has 0 spiro atoms. The maximum absolute atomic E-state index is 6.20. The SMILES string of the molecule is COCCCC(N)c1cc(C)c(C)cc1C. The Morgan fingerprint density at radius 2 is 1.75 bits per heavy atom. The first kappa shape index (κ1) is 13.2. The second-order valence-corrected chi connectivity index (χ2v) is 4.53. The van der Waals surface area contributed by atoms with E-state index in [9.17, 15) is 0 Å². The van der Waals surface area contributed by atoms with Crippen molar-refractivity contribution in [1.82, 2.24) is 0 Å². The van der Waals surface area contributed by atoms with Gasteiger partial charge >= 0.3 is 0 Å². The Hall–Kier alpha value is -0.860. The summed E-state index contributed by atoms with van der Waals surface area (Å²) < 4.78 is 5.05. The minimum Gasteiger partial charge on any atom is -0.385 e. The Labute approximate surface area is 98.8 Å². The number of benzene rings is 1. The van der Waals surface area contributed by atoms with E-state index in [1.54, 1.807) is 7.11 Å². The topological polar surface area (TPSA) is 35.2 Å². The van der Waals surface area contributed by atoms with Crippen molar-refractivity contribution in [3.8, 4) is 0 Å². The van der Waals surface area contributed by atoms with Crippen molar-refractivity contribution in [3.63, 3.8) is 0 Å². The van der Waals surface area contributed by atoms with Gasteiger partial charge in [-0.1, -0.05) is 12.1 Å². The molecule has 0 amide bonds. The molecule has 0 aliphatic rings. The van der Waals surface area contributed by atoms with Crippen LogP contribution < -0.4 is 5.73 Å². The summed E-state index contributed by atoms with van der Waals surface area (Å²) in [6.45, 7) is 7.21. The molecule has 0 radical (unpaired) electrons. The zero-order valence-corrected chi connectivity index (χ0v) is 10.8. The third-order valence-electron chi connectivity index (χ3n) is 3.15. The van der Waals surface area contributed by atoms with Crippen LogP contribution in [-0.2, 0) is 4.74 Å². The predicted molar refractivity (Wildman–Crippen MR) is 68.7 cm³/mol. The monoisotopic (exact) mass is 221 g/mol. The fraction of sp³-hybridized carbons (Fsp3) is 0.571. The van der Waals surface area contributed by atoms with Crippen LogP contribution in [0.25, 0.3) is 0 Å². The lowest BCUT2D eigenvalue weighted by atomic mass is 9.94. The Bertz CT molecular complexity index is 347. The molecule has 0 fully saturated rings. The maximum atomic E-state index is 6.20. The second-order valence-electron chi connectivity index (χ2n) is 4.53. The molecule has 0 saturated carbocycles. The highest BCUT2D eigenvalue weighted by molar-refractivity contribution is 5.38. The van der Waals surface area contributed by atoms with Gasteiger partial charge in [0.15, 0.2) is 0 Å². The predicted octanol–water partition coefficient (Wildman–Crippen LogP) is 3.04. The highest BCUT2D eigenvalue weighted by Crippen LogP contribution is 2.23. The number of methoxy groups -OCH3 is 1. The summed E-state index contributed by atoms with van der Waals surface area (Å²) in [5.41, 5.74) is 11.4. The molecule has 0 saturated heterocycles. The summed E-state index contributed by atoms with van der Waals surface area (Å²) >= 11 is 0. The normalized spacial score (nSPS) is 12.8. The van der Waals surface area contributed by atoms with Crippen LogP contribution >= 0.6 is 0 Å². The quantitative estimate of drug-likeness (QED) is 0.776. The molecule has 90 valence electrons. The Balaban J connectivity index is 2.75. The third kappa shape index (κ3) is 3.32. The first-order valence-corrected chi connectivity index (χ1v) is 5.88. The molecule has 2 nitrogen and oxygen atoms in total. The standard InChI is InChI=1S/C14H23NO/c1-10-8-12(3)13(9-11(10)2)14(15)6-5-7-16-4/h8-9,14H,5-7,15H2,1-4H3. The highest BCUT2D eigenvalue weighted by atomic mass is 16.5. The molecule has 1 rings (SSSR count). The van der Waals surface area contributed by atoms with Crippen LogP contribution in [0, 0.1) is 20.8 Å². The first-order valence-electron chi connectivity index (χ1n) is 5.88. The molecule has 1 aromatic rings. The van der Waals surface area contributed by atoms with Crippen molar-refractivity contribution in [1.29, 1.82) is 0 Å². The number of hydrogen-bond acceptors (Lipinski definition) is 2. The molecule has 2 N–H and O–H groups in total. The molecule has 0 heterocycles. The van der Waals surface area contributed by atoms with Gasteiger partial charge in [0.25, 0.3) is 0 Å². The van der Waals surface area contributed by atoms with E-state index in [0.29, 0.717) is 0 Å². The number of rotatable bonds is 5. The number of hydrogen-bond donors (Lipinski definition) is 1. The van der Waals surface area contributed by atoms with Crippen molar-refractivity contribution < 1.29 is 4.74 Å². The molecule has 0 aliphatic heterocycles. The van der Waals surface area contributed by atoms with Gasteiger partial charge in [0, 0.05) is 19.8 Å². The van der Waals surface area contributed by atoms with Crippen molar-refractivity contribution in [2.75, 3.05) is 13.7 Å². The van der Waals surface area contributed by atoms with E-state index in [4.69, 9.17) is 10.5 Å². The van der Waals surface area contributed by atoms with Gasteiger partial charge in [0.1, 0.15) is 0 Å². The maximum Gasteiger partial charge on any atom is 0.0462 e. The lowest BCUT2D eigenvalue weighted by Crippen LogP contribution is -2.13. The number of ether oxygens (including phenoxy) is 1. The lowest BCUT2D eigenvalue weighted by Gasteiger charge is -2.16. The third-order valence-corrected chi connectivity index (χ3v) is 3.15. The summed E-state index contributed by atoms with van der Waals surface area (Å²) in [6, 6.07) is 4.58. The largest absolute Gasteiger partial charge is 0.385 e. The van der Waals surface area contributed by atoms with Crippen LogP contribution in [0.1, 0.15) is 41.1 Å². The molecular formula is C14H23NO. The highest BCUT2D eigenvalue weighted by Gasteiger charge is 2.10.